The topological polar surface area (TPSA) is 58.0 Å². The van der Waals surface area contributed by atoms with Crippen LogP contribution in [0.25, 0.3) is 33.1 Å². The van der Waals surface area contributed by atoms with E-state index in [2.05, 4.69) is 10.3 Å². The van der Waals surface area contributed by atoms with Crippen molar-refractivity contribution < 1.29 is 4.42 Å². The molecule has 4 heteroatoms. The number of hydrogen-bond acceptors (Lipinski definition) is 3. The first-order chi connectivity index (χ1) is 13.3. The molecule has 0 atom stereocenters. The van der Waals surface area contributed by atoms with Gasteiger partial charge in [-0.05, 0) is 24.3 Å². The molecule has 130 valence electrons. The van der Waals surface area contributed by atoms with E-state index < -0.39 is 0 Å². The molecule has 2 N–H and O–H groups in total. The summed E-state index contributed by atoms with van der Waals surface area (Å²) in [5.41, 5.74) is 4.47. The van der Waals surface area contributed by atoms with E-state index in [1.165, 1.54) is 0 Å². The number of benzene rings is 3. The van der Waals surface area contributed by atoms with Crippen molar-refractivity contribution in [3.05, 3.63) is 95.3 Å². The Morgan fingerprint density at radius 3 is 2.22 bits per heavy atom. The van der Waals surface area contributed by atoms with E-state index in [4.69, 9.17) is 4.42 Å². The summed E-state index contributed by atoms with van der Waals surface area (Å²) in [7, 11) is 0. The molecule has 0 radical (unpaired) electrons. The van der Waals surface area contributed by atoms with Crippen molar-refractivity contribution in [3.8, 4) is 11.3 Å². The SMILES string of the molecule is O=c1oc2ccccc2c2[nH]c(-c3ccccc3)c(Nc3ccccc3)c12. The Hall–Kier alpha value is -3.79. The number of para-hydroxylation sites is 2. The van der Waals surface area contributed by atoms with Crippen molar-refractivity contribution in [2.45, 2.75) is 0 Å². The second kappa shape index (κ2) is 6.18. The smallest absolute Gasteiger partial charge is 0.347 e. The quantitative estimate of drug-likeness (QED) is 0.410. The van der Waals surface area contributed by atoms with Crippen LogP contribution in [0.2, 0.25) is 0 Å². The molecule has 5 aromatic rings. The van der Waals surface area contributed by atoms with Gasteiger partial charge in [0.05, 0.1) is 16.9 Å². The minimum absolute atomic E-state index is 0.361. The van der Waals surface area contributed by atoms with Crippen LogP contribution >= 0.6 is 0 Å². The van der Waals surface area contributed by atoms with Crippen LogP contribution in [-0.2, 0) is 0 Å². The summed E-state index contributed by atoms with van der Waals surface area (Å²) in [6, 6.07) is 27.3. The molecule has 2 aromatic heterocycles. The van der Waals surface area contributed by atoms with Gasteiger partial charge in [0, 0.05) is 16.6 Å². The predicted octanol–water partition coefficient (Wildman–Crippen LogP) is 5.68. The molecule has 2 heterocycles. The third kappa shape index (κ3) is 2.59. The zero-order valence-electron chi connectivity index (χ0n) is 14.4. The molecule has 0 saturated carbocycles. The molecular formula is C23H16N2O2. The van der Waals surface area contributed by atoms with Gasteiger partial charge in [0.2, 0.25) is 0 Å². The molecular weight excluding hydrogens is 336 g/mol. The van der Waals surface area contributed by atoms with Crippen molar-refractivity contribution in [3.63, 3.8) is 0 Å². The maximum Gasteiger partial charge on any atom is 0.347 e. The number of aromatic nitrogens is 1. The molecule has 0 fully saturated rings. The highest BCUT2D eigenvalue weighted by Gasteiger charge is 2.19. The van der Waals surface area contributed by atoms with Crippen LogP contribution in [0, 0.1) is 0 Å². The zero-order valence-corrected chi connectivity index (χ0v) is 14.4. The van der Waals surface area contributed by atoms with Crippen molar-refractivity contribution >= 4 is 33.2 Å². The minimum Gasteiger partial charge on any atom is -0.422 e. The summed E-state index contributed by atoms with van der Waals surface area (Å²) in [6.07, 6.45) is 0. The van der Waals surface area contributed by atoms with Crippen molar-refractivity contribution in [1.29, 1.82) is 0 Å². The number of H-pyrrole nitrogens is 1. The Morgan fingerprint density at radius 1 is 0.778 bits per heavy atom. The first-order valence-electron chi connectivity index (χ1n) is 8.76. The Morgan fingerprint density at radius 2 is 1.44 bits per heavy atom. The predicted molar refractivity (Wildman–Crippen MR) is 110 cm³/mol. The van der Waals surface area contributed by atoms with Gasteiger partial charge in [0.1, 0.15) is 11.0 Å². The minimum atomic E-state index is -0.361. The molecule has 4 nitrogen and oxygen atoms in total. The van der Waals surface area contributed by atoms with E-state index in [-0.39, 0.29) is 5.63 Å². The van der Waals surface area contributed by atoms with Gasteiger partial charge in [0.15, 0.2) is 0 Å². The summed E-state index contributed by atoms with van der Waals surface area (Å²) in [6.45, 7) is 0. The normalized spacial score (nSPS) is 11.1. The van der Waals surface area contributed by atoms with Crippen LogP contribution in [0.4, 0.5) is 11.4 Å². The van der Waals surface area contributed by atoms with Crippen LogP contribution in [0.3, 0.4) is 0 Å². The number of nitrogens with one attached hydrogen (secondary N) is 2. The van der Waals surface area contributed by atoms with Gasteiger partial charge >= 0.3 is 5.63 Å². The average molecular weight is 352 g/mol. The van der Waals surface area contributed by atoms with Crippen LogP contribution in [0.5, 0.6) is 0 Å². The number of aromatic amines is 1. The lowest BCUT2D eigenvalue weighted by Crippen LogP contribution is -2.01. The van der Waals surface area contributed by atoms with E-state index in [1.807, 2.05) is 84.9 Å². The van der Waals surface area contributed by atoms with E-state index in [0.717, 1.165) is 33.5 Å². The van der Waals surface area contributed by atoms with Gasteiger partial charge in [0.25, 0.3) is 0 Å². The zero-order chi connectivity index (χ0) is 18.2. The number of anilines is 2. The largest absolute Gasteiger partial charge is 0.422 e. The first-order valence-corrected chi connectivity index (χ1v) is 8.76. The summed E-state index contributed by atoms with van der Waals surface area (Å²) in [5, 5.41) is 4.81. The monoisotopic (exact) mass is 352 g/mol. The van der Waals surface area contributed by atoms with Gasteiger partial charge < -0.3 is 14.7 Å². The molecule has 5 rings (SSSR count). The second-order valence-electron chi connectivity index (χ2n) is 6.37. The van der Waals surface area contributed by atoms with Crippen molar-refractivity contribution in [2.75, 3.05) is 5.32 Å². The summed E-state index contributed by atoms with van der Waals surface area (Å²) >= 11 is 0. The molecule has 0 bridgehead atoms. The Bertz CT molecular complexity index is 1300. The van der Waals surface area contributed by atoms with Gasteiger partial charge in [-0.25, -0.2) is 4.79 Å². The van der Waals surface area contributed by atoms with Gasteiger partial charge in [-0.3, -0.25) is 0 Å². The summed E-state index contributed by atoms with van der Waals surface area (Å²) in [5.74, 6) is 0. The maximum atomic E-state index is 12.8. The molecule has 0 saturated heterocycles. The molecule has 0 aliphatic carbocycles. The second-order valence-corrected chi connectivity index (χ2v) is 6.37. The van der Waals surface area contributed by atoms with Crippen LogP contribution in [-0.4, -0.2) is 4.98 Å². The molecule has 3 aromatic carbocycles. The lowest BCUT2D eigenvalue weighted by atomic mass is 10.1. The van der Waals surface area contributed by atoms with Crippen LogP contribution < -0.4 is 10.9 Å². The molecule has 0 amide bonds. The van der Waals surface area contributed by atoms with Crippen molar-refractivity contribution in [1.82, 2.24) is 4.98 Å². The molecule has 0 spiro atoms. The third-order valence-corrected chi connectivity index (χ3v) is 4.67. The highest BCUT2D eigenvalue weighted by molar-refractivity contribution is 6.11. The van der Waals surface area contributed by atoms with E-state index >= 15 is 0 Å². The fourth-order valence-corrected chi connectivity index (χ4v) is 3.43. The lowest BCUT2D eigenvalue weighted by Gasteiger charge is -2.08. The number of hydrogen-bond donors (Lipinski definition) is 2. The van der Waals surface area contributed by atoms with E-state index in [9.17, 15) is 4.79 Å². The maximum absolute atomic E-state index is 12.8. The third-order valence-electron chi connectivity index (χ3n) is 4.67. The Kier molecular flexibility index (Phi) is 3.54. The fourth-order valence-electron chi connectivity index (χ4n) is 3.43. The fraction of sp³-hybridized carbons (Fsp3) is 0. The lowest BCUT2D eigenvalue weighted by molar-refractivity contribution is 0.570. The van der Waals surface area contributed by atoms with E-state index in [0.29, 0.717) is 11.0 Å². The average Bonchev–Trinajstić information content (AvgIpc) is 3.10. The van der Waals surface area contributed by atoms with Gasteiger partial charge in [-0.1, -0.05) is 60.7 Å². The molecule has 0 aliphatic heterocycles. The number of fused-ring (bicyclic) bond motifs is 3. The Balaban J connectivity index is 1.87. The van der Waals surface area contributed by atoms with E-state index in [1.54, 1.807) is 0 Å². The molecule has 0 aliphatic rings. The summed E-state index contributed by atoms with van der Waals surface area (Å²) in [4.78, 5) is 16.3. The summed E-state index contributed by atoms with van der Waals surface area (Å²) < 4.78 is 5.59. The van der Waals surface area contributed by atoms with Gasteiger partial charge in [-0.2, -0.15) is 0 Å². The van der Waals surface area contributed by atoms with Crippen LogP contribution in [0.15, 0.2) is 94.1 Å². The molecule has 27 heavy (non-hydrogen) atoms. The highest BCUT2D eigenvalue weighted by atomic mass is 16.4. The Labute approximate surface area is 155 Å². The standard InChI is InChI=1S/C23H16N2O2/c26-23-19-21(17-13-7-8-14-18(17)27-23)25-20(15-9-3-1-4-10-15)22(19)24-16-11-5-2-6-12-16/h1-14,24-25H. The van der Waals surface area contributed by atoms with Crippen LogP contribution in [0.1, 0.15) is 0 Å². The first kappa shape index (κ1) is 15.5. The van der Waals surface area contributed by atoms with Crippen molar-refractivity contribution in [2.24, 2.45) is 0 Å². The number of rotatable bonds is 3. The highest BCUT2D eigenvalue weighted by Crippen LogP contribution is 2.37. The van der Waals surface area contributed by atoms with Gasteiger partial charge in [-0.15, -0.1) is 0 Å². The molecule has 0 unspecified atom stereocenters.